The van der Waals surface area contributed by atoms with Gasteiger partial charge in [0.1, 0.15) is 11.5 Å². The number of rotatable bonds is 4. The predicted molar refractivity (Wildman–Crippen MR) is 101 cm³/mol. The zero-order chi connectivity index (χ0) is 18.6. The molecule has 1 aliphatic rings. The van der Waals surface area contributed by atoms with Crippen molar-refractivity contribution in [3.05, 3.63) is 83.6 Å². The molecule has 3 heterocycles. The molecule has 27 heavy (non-hydrogen) atoms. The zero-order valence-electron chi connectivity index (χ0n) is 14.7. The first-order chi connectivity index (χ1) is 13.2. The van der Waals surface area contributed by atoms with Crippen molar-refractivity contribution in [3.63, 3.8) is 0 Å². The molecule has 2 aromatic heterocycles. The van der Waals surface area contributed by atoms with E-state index < -0.39 is 0 Å². The Morgan fingerprint density at radius 1 is 1.15 bits per heavy atom. The highest BCUT2D eigenvalue weighted by Gasteiger charge is 2.24. The van der Waals surface area contributed by atoms with Gasteiger partial charge in [0.05, 0.1) is 12.8 Å². The maximum absolute atomic E-state index is 13.0. The maximum atomic E-state index is 13.0. The van der Waals surface area contributed by atoms with Crippen LogP contribution in [-0.2, 0) is 13.0 Å². The van der Waals surface area contributed by atoms with E-state index in [2.05, 4.69) is 10.3 Å². The lowest BCUT2D eigenvalue weighted by molar-refractivity contribution is 0.0948. The lowest BCUT2D eigenvalue weighted by Crippen LogP contribution is -2.36. The smallest absolute Gasteiger partial charge is 0.276 e. The van der Waals surface area contributed by atoms with Gasteiger partial charge in [-0.25, -0.2) is 0 Å². The standard InChI is InChI=1S/C21H19N3O3/c25-20(23-14-17-7-4-12-27-17)16-9-10-22-18(13-16)21(26)24-11-3-6-15-5-1-2-8-19(15)24/h1-2,4-5,7-10,12-13H,3,6,11,14H2,(H,23,25). The molecule has 0 bridgehead atoms. The van der Waals surface area contributed by atoms with Crippen molar-refractivity contribution >= 4 is 17.5 Å². The number of benzene rings is 1. The van der Waals surface area contributed by atoms with E-state index in [4.69, 9.17) is 4.42 Å². The minimum absolute atomic E-state index is 0.192. The third-order valence-electron chi connectivity index (χ3n) is 4.60. The highest BCUT2D eigenvalue weighted by atomic mass is 16.3. The number of hydrogen-bond donors (Lipinski definition) is 1. The van der Waals surface area contributed by atoms with E-state index in [0.29, 0.717) is 17.9 Å². The number of nitrogens with zero attached hydrogens (tertiary/aromatic N) is 2. The third-order valence-corrected chi connectivity index (χ3v) is 4.60. The average Bonchev–Trinajstić information content (AvgIpc) is 3.25. The summed E-state index contributed by atoms with van der Waals surface area (Å²) in [5.41, 5.74) is 2.73. The fraction of sp³-hybridized carbons (Fsp3) is 0.190. The van der Waals surface area contributed by atoms with Crippen LogP contribution in [0.4, 0.5) is 5.69 Å². The van der Waals surface area contributed by atoms with Crippen LogP contribution in [0.15, 0.2) is 65.4 Å². The molecule has 0 radical (unpaired) electrons. The number of hydrogen-bond acceptors (Lipinski definition) is 4. The Morgan fingerprint density at radius 2 is 2.04 bits per heavy atom. The molecule has 1 aromatic carbocycles. The van der Waals surface area contributed by atoms with Crippen LogP contribution in [0.25, 0.3) is 0 Å². The van der Waals surface area contributed by atoms with E-state index in [-0.39, 0.29) is 24.1 Å². The highest BCUT2D eigenvalue weighted by Crippen LogP contribution is 2.27. The number of fused-ring (bicyclic) bond motifs is 1. The highest BCUT2D eigenvalue weighted by molar-refractivity contribution is 6.06. The lowest BCUT2D eigenvalue weighted by Gasteiger charge is -2.29. The summed E-state index contributed by atoms with van der Waals surface area (Å²) in [5.74, 6) is 0.198. The van der Waals surface area contributed by atoms with E-state index in [1.165, 1.54) is 12.3 Å². The second-order valence-corrected chi connectivity index (χ2v) is 6.38. The van der Waals surface area contributed by atoms with Crippen molar-refractivity contribution in [3.8, 4) is 0 Å². The lowest BCUT2D eigenvalue weighted by atomic mass is 10.0. The molecule has 6 heteroatoms. The number of para-hydroxylation sites is 1. The number of pyridine rings is 1. The number of amides is 2. The maximum Gasteiger partial charge on any atom is 0.276 e. The average molecular weight is 361 g/mol. The number of carbonyl (C=O) groups is 2. The predicted octanol–water partition coefficient (Wildman–Crippen LogP) is 3.20. The van der Waals surface area contributed by atoms with Crippen LogP contribution in [0.2, 0.25) is 0 Å². The Hall–Kier alpha value is -3.41. The Morgan fingerprint density at radius 3 is 2.89 bits per heavy atom. The molecule has 0 saturated carbocycles. The van der Waals surface area contributed by atoms with Gasteiger partial charge >= 0.3 is 0 Å². The SMILES string of the molecule is O=C(NCc1ccco1)c1ccnc(C(=O)N2CCCc3ccccc32)c1. The summed E-state index contributed by atoms with van der Waals surface area (Å²) in [6, 6.07) is 14.6. The number of nitrogens with one attached hydrogen (secondary N) is 1. The number of furan rings is 1. The molecule has 1 N–H and O–H groups in total. The topological polar surface area (TPSA) is 75.4 Å². The summed E-state index contributed by atoms with van der Waals surface area (Å²) >= 11 is 0. The van der Waals surface area contributed by atoms with Crippen LogP contribution in [-0.4, -0.2) is 23.3 Å². The van der Waals surface area contributed by atoms with Crippen LogP contribution in [0, 0.1) is 0 Å². The number of carbonyl (C=O) groups excluding carboxylic acids is 2. The molecule has 0 unspecified atom stereocenters. The molecule has 3 aromatic rings. The molecule has 0 aliphatic carbocycles. The van der Waals surface area contributed by atoms with Crippen molar-refractivity contribution in [2.24, 2.45) is 0 Å². The Labute approximate surface area is 156 Å². The van der Waals surface area contributed by atoms with Crippen LogP contribution in [0.1, 0.15) is 38.6 Å². The van der Waals surface area contributed by atoms with Crippen molar-refractivity contribution in [1.29, 1.82) is 0 Å². The summed E-state index contributed by atoms with van der Waals surface area (Å²) in [6.45, 7) is 0.934. The van der Waals surface area contributed by atoms with Crippen molar-refractivity contribution in [2.75, 3.05) is 11.4 Å². The molecule has 136 valence electrons. The van der Waals surface area contributed by atoms with Gasteiger partial charge in [-0.2, -0.15) is 0 Å². The molecule has 4 rings (SSSR count). The number of aryl methyl sites for hydroxylation is 1. The second kappa shape index (κ2) is 7.45. The molecule has 0 atom stereocenters. The molecule has 0 saturated heterocycles. The first-order valence-corrected chi connectivity index (χ1v) is 8.89. The first kappa shape index (κ1) is 17.0. The monoisotopic (exact) mass is 361 g/mol. The van der Waals surface area contributed by atoms with Gasteiger partial charge in [0.2, 0.25) is 0 Å². The normalized spacial score (nSPS) is 13.1. The van der Waals surface area contributed by atoms with Crippen LogP contribution >= 0.6 is 0 Å². The third kappa shape index (κ3) is 3.60. The zero-order valence-corrected chi connectivity index (χ0v) is 14.7. The van der Waals surface area contributed by atoms with Crippen LogP contribution < -0.4 is 10.2 Å². The summed E-state index contributed by atoms with van der Waals surface area (Å²) in [5, 5.41) is 2.78. The first-order valence-electron chi connectivity index (χ1n) is 8.89. The molecule has 2 amide bonds. The van der Waals surface area contributed by atoms with Gasteiger partial charge in [-0.05, 0) is 48.7 Å². The van der Waals surface area contributed by atoms with E-state index in [1.54, 1.807) is 29.4 Å². The molecule has 6 nitrogen and oxygen atoms in total. The number of anilines is 1. The van der Waals surface area contributed by atoms with Gasteiger partial charge in [0.25, 0.3) is 11.8 Å². The molecule has 0 fully saturated rings. The fourth-order valence-electron chi connectivity index (χ4n) is 3.25. The van der Waals surface area contributed by atoms with Gasteiger partial charge in [0, 0.05) is 24.0 Å². The summed E-state index contributed by atoms with van der Waals surface area (Å²) in [4.78, 5) is 31.3. The second-order valence-electron chi connectivity index (χ2n) is 6.38. The summed E-state index contributed by atoms with van der Waals surface area (Å²) in [7, 11) is 0. The minimum Gasteiger partial charge on any atom is -0.467 e. The number of aromatic nitrogens is 1. The van der Waals surface area contributed by atoms with Crippen LogP contribution in [0.3, 0.4) is 0 Å². The van der Waals surface area contributed by atoms with Crippen molar-refractivity contribution in [2.45, 2.75) is 19.4 Å². The van der Waals surface area contributed by atoms with Crippen molar-refractivity contribution < 1.29 is 14.0 Å². The van der Waals surface area contributed by atoms with Gasteiger partial charge in [-0.1, -0.05) is 18.2 Å². The van der Waals surface area contributed by atoms with Crippen LogP contribution in [0.5, 0.6) is 0 Å². The molecular formula is C21H19N3O3. The Kier molecular flexibility index (Phi) is 4.70. The summed E-state index contributed by atoms with van der Waals surface area (Å²) < 4.78 is 5.21. The van der Waals surface area contributed by atoms with Gasteiger partial charge in [-0.15, -0.1) is 0 Å². The molecular weight excluding hydrogens is 342 g/mol. The summed E-state index contributed by atoms with van der Waals surface area (Å²) in [6.07, 6.45) is 4.92. The molecule has 0 spiro atoms. The molecule has 1 aliphatic heterocycles. The fourth-order valence-corrected chi connectivity index (χ4v) is 3.25. The van der Waals surface area contributed by atoms with Gasteiger partial charge in [-0.3, -0.25) is 14.6 Å². The minimum atomic E-state index is -0.276. The Bertz CT molecular complexity index is 966. The largest absolute Gasteiger partial charge is 0.467 e. The van der Waals surface area contributed by atoms with E-state index in [1.807, 2.05) is 24.3 Å². The van der Waals surface area contributed by atoms with Gasteiger partial charge < -0.3 is 14.6 Å². The quantitative estimate of drug-likeness (QED) is 0.774. The Balaban J connectivity index is 1.52. The van der Waals surface area contributed by atoms with Crippen molar-refractivity contribution in [1.82, 2.24) is 10.3 Å². The van der Waals surface area contributed by atoms with E-state index >= 15 is 0 Å². The van der Waals surface area contributed by atoms with E-state index in [0.717, 1.165) is 24.1 Å². The van der Waals surface area contributed by atoms with E-state index in [9.17, 15) is 9.59 Å². The van der Waals surface area contributed by atoms with Gasteiger partial charge in [0.15, 0.2) is 0 Å².